The van der Waals surface area contributed by atoms with Gasteiger partial charge >= 0.3 is 0 Å². The molecule has 1 aliphatic rings. The van der Waals surface area contributed by atoms with E-state index in [0.29, 0.717) is 0 Å². The second kappa shape index (κ2) is 6.39. The fourth-order valence-corrected chi connectivity index (χ4v) is 2.00. The molecule has 0 saturated carbocycles. The minimum Gasteiger partial charge on any atom is -0.257 e. The van der Waals surface area contributed by atoms with Gasteiger partial charge in [-0.2, -0.15) is 0 Å². The molecule has 0 fully saturated rings. The number of rotatable bonds is 4. The van der Waals surface area contributed by atoms with Crippen LogP contribution in [-0.4, -0.2) is 6.21 Å². The van der Waals surface area contributed by atoms with E-state index in [4.69, 9.17) is 0 Å². The molecule has 82 valence electrons. The Labute approximate surface area is 93.3 Å². The Hall–Kier alpha value is -1.11. The first-order chi connectivity index (χ1) is 7.29. The van der Waals surface area contributed by atoms with Crippen molar-refractivity contribution in [2.45, 2.75) is 46.0 Å². The average molecular weight is 203 g/mol. The van der Waals surface area contributed by atoms with Gasteiger partial charge in [-0.15, -0.1) is 0 Å². The summed E-state index contributed by atoms with van der Waals surface area (Å²) in [6.07, 6.45) is 11.9. The Kier molecular flexibility index (Phi) is 5.09. The van der Waals surface area contributed by atoms with E-state index in [2.05, 4.69) is 18.5 Å². The molecular weight excluding hydrogens is 182 g/mol. The number of nitrogens with zero attached hydrogens (tertiary/aromatic N) is 1. The van der Waals surface area contributed by atoms with Crippen LogP contribution >= 0.6 is 0 Å². The fourth-order valence-electron chi connectivity index (χ4n) is 2.00. The van der Waals surface area contributed by atoms with Gasteiger partial charge in [0, 0.05) is 6.21 Å². The van der Waals surface area contributed by atoms with Crippen molar-refractivity contribution in [1.82, 2.24) is 0 Å². The average Bonchev–Trinajstić information content (AvgIpc) is 2.29. The Morgan fingerprint density at radius 2 is 2.13 bits per heavy atom. The zero-order valence-corrected chi connectivity index (χ0v) is 9.92. The molecule has 0 radical (unpaired) electrons. The third kappa shape index (κ3) is 3.50. The number of allylic oxidation sites excluding steroid dienone is 4. The quantitative estimate of drug-likeness (QED) is 0.599. The molecule has 1 rings (SSSR count). The highest BCUT2D eigenvalue weighted by molar-refractivity contribution is 5.72. The van der Waals surface area contributed by atoms with Crippen molar-refractivity contribution in [1.29, 1.82) is 0 Å². The zero-order valence-electron chi connectivity index (χ0n) is 9.92. The number of hydrogen-bond acceptors (Lipinski definition) is 1. The van der Waals surface area contributed by atoms with Crippen molar-refractivity contribution >= 4 is 6.21 Å². The van der Waals surface area contributed by atoms with Gasteiger partial charge in [0.25, 0.3) is 0 Å². The lowest BCUT2D eigenvalue weighted by Crippen LogP contribution is -2.00. The standard InChI is InChI=1S/C14H21N/c1-4-6-11-15-12(3)14-10-8-7-9-13(14)5-2/h4,6,11H,3,5,7-10H2,1-2H3/b6-4-,15-11?. The summed E-state index contributed by atoms with van der Waals surface area (Å²) in [6.45, 7) is 8.28. The minimum atomic E-state index is 0.963. The number of aliphatic imine (C=N–C) groups is 1. The van der Waals surface area contributed by atoms with E-state index in [1.54, 1.807) is 5.57 Å². The minimum absolute atomic E-state index is 0.963. The molecule has 1 heteroatoms. The van der Waals surface area contributed by atoms with Gasteiger partial charge in [-0.1, -0.05) is 25.2 Å². The lowest BCUT2D eigenvalue weighted by Gasteiger charge is -2.19. The summed E-state index contributed by atoms with van der Waals surface area (Å²) >= 11 is 0. The zero-order chi connectivity index (χ0) is 11.1. The molecule has 0 aromatic carbocycles. The van der Waals surface area contributed by atoms with Gasteiger partial charge in [-0.05, 0) is 50.7 Å². The monoisotopic (exact) mass is 203 g/mol. The molecule has 0 aromatic rings. The van der Waals surface area contributed by atoms with Crippen molar-refractivity contribution in [3.63, 3.8) is 0 Å². The highest BCUT2D eigenvalue weighted by atomic mass is 14.7. The Morgan fingerprint density at radius 3 is 2.80 bits per heavy atom. The third-order valence-corrected chi connectivity index (χ3v) is 2.87. The largest absolute Gasteiger partial charge is 0.257 e. The molecule has 0 bridgehead atoms. The van der Waals surface area contributed by atoms with Crippen molar-refractivity contribution in [2.75, 3.05) is 0 Å². The van der Waals surface area contributed by atoms with Crippen LogP contribution in [-0.2, 0) is 0 Å². The van der Waals surface area contributed by atoms with Crippen LogP contribution in [0.1, 0.15) is 46.0 Å². The maximum Gasteiger partial charge on any atom is 0.0589 e. The van der Waals surface area contributed by atoms with Gasteiger partial charge in [0.1, 0.15) is 0 Å². The SMILES string of the molecule is C=C(N=C/C=C\C)C1=C(CC)CCCC1. The van der Waals surface area contributed by atoms with Crippen LogP contribution in [0.3, 0.4) is 0 Å². The molecule has 0 heterocycles. The first-order valence-electron chi connectivity index (χ1n) is 5.85. The summed E-state index contributed by atoms with van der Waals surface area (Å²) in [5, 5.41) is 0. The summed E-state index contributed by atoms with van der Waals surface area (Å²) in [5.41, 5.74) is 3.93. The van der Waals surface area contributed by atoms with Crippen molar-refractivity contribution in [2.24, 2.45) is 4.99 Å². The van der Waals surface area contributed by atoms with Crippen molar-refractivity contribution < 1.29 is 0 Å². The summed E-state index contributed by atoms with van der Waals surface area (Å²) < 4.78 is 0. The molecule has 0 aromatic heterocycles. The first-order valence-corrected chi connectivity index (χ1v) is 5.85. The molecule has 0 amide bonds. The van der Waals surface area contributed by atoms with Crippen LogP contribution in [0.5, 0.6) is 0 Å². The summed E-state index contributed by atoms with van der Waals surface area (Å²) in [4.78, 5) is 4.37. The van der Waals surface area contributed by atoms with Gasteiger partial charge in [0.05, 0.1) is 5.70 Å². The van der Waals surface area contributed by atoms with Crippen LogP contribution in [0, 0.1) is 0 Å². The summed E-state index contributed by atoms with van der Waals surface area (Å²) in [7, 11) is 0. The van der Waals surface area contributed by atoms with Gasteiger partial charge in [-0.3, -0.25) is 4.99 Å². The van der Waals surface area contributed by atoms with Gasteiger partial charge in [-0.25, -0.2) is 0 Å². The van der Waals surface area contributed by atoms with E-state index in [0.717, 1.165) is 18.5 Å². The molecule has 0 spiro atoms. The van der Waals surface area contributed by atoms with Crippen molar-refractivity contribution in [3.8, 4) is 0 Å². The normalized spacial score (nSPS) is 18.0. The fraction of sp³-hybridized carbons (Fsp3) is 0.500. The van der Waals surface area contributed by atoms with Crippen LogP contribution < -0.4 is 0 Å². The molecule has 15 heavy (non-hydrogen) atoms. The molecule has 0 aliphatic heterocycles. The van der Waals surface area contributed by atoms with E-state index in [1.165, 1.54) is 24.8 Å². The molecule has 0 saturated heterocycles. The number of hydrogen-bond donors (Lipinski definition) is 0. The van der Waals surface area contributed by atoms with E-state index in [-0.39, 0.29) is 0 Å². The molecule has 0 unspecified atom stereocenters. The van der Waals surface area contributed by atoms with Gasteiger partial charge < -0.3 is 0 Å². The Bertz CT molecular complexity index is 305. The van der Waals surface area contributed by atoms with E-state index in [9.17, 15) is 0 Å². The van der Waals surface area contributed by atoms with Crippen LogP contribution in [0.4, 0.5) is 0 Å². The molecule has 1 nitrogen and oxygen atoms in total. The Balaban J connectivity index is 2.75. The summed E-state index contributed by atoms with van der Waals surface area (Å²) in [6, 6.07) is 0. The lowest BCUT2D eigenvalue weighted by atomic mass is 9.89. The molecule has 1 aliphatic carbocycles. The van der Waals surface area contributed by atoms with Gasteiger partial charge in [0.15, 0.2) is 0 Å². The maximum atomic E-state index is 4.37. The van der Waals surface area contributed by atoms with Crippen LogP contribution in [0.25, 0.3) is 0 Å². The lowest BCUT2D eigenvalue weighted by molar-refractivity contribution is 0.659. The third-order valence-electron chi connectivity index (χ3n) is 2.87. The van der Waals surface area contributed by atoms with E-state index in [1.807, 2.05) is 25.3 Å². The molecular formula is C14H21N. The van der Waals surface area contributed by atoms with E-state index >= 15 is 0 Å². The first kappa shape index (κ1) is 12.0. The topological polar surface area (TPSA) is 12.4 Å². The predicted molar refractivity (Wildman–Crippen MR) is 68.2 cm³/mol. The molecule has 0 N–H and O–H groups in total. The summed E-state index contributed by atoms with van der Waals surface area (Å²) in [5.74, 6) is 0. The second-order valence-corrected chi connectivity index (χ2v) is 3.89. The van der Waals surface area contributed by atoms with Crippen molar-refractivity contribution in [3.05, 3.63) is 35.6 Å². The maximum absolute atomic E-state index is 4.37. The van der Waals surface area contributed by atoms with Crippen LogP contribution in [0.15, 0.2) is 40.6 Å². The second-order valence-electron chi connectivity index (χ2n) is 3.89. The highest BCUT2D eigenvalue weighted by Crippen LogP contribution is 2.31. The Morgan fingerprint density at radius 1 is 1.40 bits per heavy atom. The highest BCUT2D eigenvalue weighted by Gasteiger charge is 2.12. The smallest absolute Gasteiger partial charge is 0.0589 e. The van der Waals surface area contributed by atoms with Gasteiger partial charge in [0.2, 0.25) is 0 Å². The molecule has 0 atom stereocenters. The van der Waals surface area contributed by atoms with Crippen LogP contribution in [0.2, 0.25) is 0 Å². The van der Waals surface area contributed by atoms with E-state index < -0.39 is 0 Å². The predicted octanol–water partition coefficient (Wildman–Crippen LogP) is 4.43.